The molecule has 4 aromatic rings. The van der Waals surface area contributed by atoms with E-state index in [0.717, 1.165) is 28.2 Å². The highest BCUT2D eigenvalue weighted by molar-refractivity contribution is 7.98. The van der Waals surface area contributed by atoms with Gasteiger partial charge in [0.25, 0.3) is 0 Å². The lowest BCUT2D eigenvalue weighted by Crippen LogP contribution is -2.04. The molecule has 138 valence electrons. The van der Waals surface area contributed by atoms with Crippen molar-refractivity contribution in [1.82, 2.24) is 19.7 Å². The largest absolute Gasteiger partial charge is 0.461 e. The zero-order chi connectivity index (χ0) is 18.6. The van der Waals surface area contributed by atoms with Crippen LogP contribution in [0.25, 0.3) is 11.6 Å². The average molecular weight is 397 g/mol. The second-order valence-corrected chi connectivity index (χ2v) is 8.31. The van der Waals surface area contributed by atoms with Gasteiger partial charge in [-0.2, -0.15) is 0 Å². The average Bonchev–Trinajstić information content (AvgIpc) is 3.42. The molecular formula is C20H20N4OS2. The number of aromatic nitrogens is 4. The van der Waals surface area contributed by atoms with Crippen molar-refractivity contribution in [2.75, 3.05) is 0 Å². The fourth-order valence-electron chi connectivity index (χ4n) is 2.68. The molecule has 0 aliphatic rings. The Morgan fingerprint density at radius 3 is 2.67 bits per heavy atom. The zero-order valence-electron chi connectivity index (χ0n) is 15.2. The molecule has 0 unspecified atom stereocenters. The Morgan fingerprint density at radius 1 is 1.11 bits per heavy atom. The van der Waals surface area contributed by atoms with E-state index in [1.807, 2.05) is 30.3 Å². The van der Waals surface area contributed by atoms with Crippen LogP contribution in [-0.2, 0) is 12.3 Å². The molecule has 3 heterocycles. The Hall–Kier alpha value is -2.38. The minimum absolute atomic E-state index is 0.459. The maximum Gasteiger partial charge on any atom is 0.200 e. The topological polar surface area (TPSA) is 56.7 Å². The lowest BCUT2D eigenvalue weighted by molar-refractivity contribution is 0.569. The van der Waals surface area contributed by atoms with E-state index in [-0.39, 0.29) is 0 Å². The molecular weight excluding hydrogens is 376 g/mol. The number of thiazole rings is 1. The lowest BCUT2D eigenvalue weighted by atomic mass is 10.2. The fraction of sp³-hybridized carbons (Fsp3) is 0.250. The summed E-state index contributed by atoms with van der Waals surface area (Å²) in [4.78, 5) is 4.72. The van der Waals surface area contributed by atoms with Gasteiger partial charge < -0.3 is 4.42 Å². The first-order chi connectivity index (χ1) is 13.2. The molecule has 3 aromatic heterocycles. The summed E-state index contributed by atoms with van der Waals surface area (Å²) in [5.41, 5.74) is 2.28. The number of rotatable bonds is 7. The molecule has 0 bridgehead atoms. The summed E-state index contributed by atoms with van der Waals surface area (Å²) in [6.07, 6.45) is 1.66. The van der Waals surface area contributed by atoms with Gasteiger partial charge >= 0.3 is 0 Å². The Labute approximate surface area is 166 Å². The molecule has 0 saturated heterocycles. The Balaban J connectivity index is 1.59. The molecule has 1 aromatic carbocycles. The summed E-state index contributed by atoms with van der Waals surface area (Å²) < 4.78 is 7.67. The van der Waals surface area contributed by atoms with Crippen LogP contribution in [0.15, 0.2) is 63.7 Å². The molecule has 27 heavy (non-hydrogen) atoms. The first-order valence-electron chi connectivity index (χ1n) is 8.79. The molecule has 7 heteroatoms. The normalized spacial score (nSPS) is 11.4. The van der Waals surface area contributed by atoms with Crippen LogP contribution in [0.2, 0.25) is 0 Å². The van der Waals surface area contributed by atoms with Crippen LogP contribution in [-0.4, -0.2) is 19.7 Å². The fourth-order valence-corrected chi connectivity index (χ4v) is 4.46. The standard InChI is InChI=1S/C20H20N4OS2/c1-14(2)19-21-16(12-26-19)13-27-20-23-22-18(17-9-6-10-25-17)24(20)11-15-7-4-3-5-8-15/h3-10,12,14H,11,13H2,1-2H3. The third-order valence-electron chi connectivity index (χ3n) is 4.05. The second kappa shape index (κ2) is 8.10. The SMILES string of the molecule is CC(C)c1nc(CSc2nnc(-c3ccco3)n2Cc2ccccc2)cs1. The van der Waals surface area contributed by atoms with Gasteiger partial charge in [-0.15, -0.1) is 21.5 Å². The summed E-state index contributed by atoms with van der Waals surface area (Å²) in [7, 11) is 0. The number of furan rings is 1. The van der Waals surface area contributed by atoms with Crippen LogP contribution in [0.4, 0.5) is 0 Å². The molecule has 0 amide bonds. The number of hydrogen-bond donors (Lipinski definition) is 0. The highest BCUT2D eigenvalue weighted by Crippen LogP contribution is 2.29. The molecule has 0 N–H and O–H groups in total. The van der Waals surface area contributed by atoms with E-state index in [9.17, 15) is 0 Å². The Morgan fingerprint density at radius 2 is 1.96 bits per heavy atom. The zero-order valence-corrected chi connectivity index (χ0v) is 16.8. The number of nitrogens with zero attached hydrogens (tertiary/aromatic N) is 4. The van der Waals surface area contributed by atoms with Gasteiger partial charge in [0, 0.05) is 17.1 Å². The Kier molecular flexibility index (Phi) is 5.40. The predicted molar refractivity (Wildman–Crippen MR) is 109 cm³/mol. The molecule has 0 aliphatic heterocycles. The van der Waals surface area contributed by atoms with Crippen molar-refractivity contribution in [3.05, 3.63) is 70.4 Å². The summed E-state index contributed by atoms with van der Waals surface area (Å²) in [5.74, 6) is 2.70. The van der Waals surface area contributed by atoms with Gasteiger partial charge in [0.1, 0.15) is 0 Å². The van der Waals surface area contributed by atoms with Gasteiger partial charge in [0.2, 0.25) is 5.82 Å². The van der Waals surface area contributed by atoms with Crippen LogP contribution < -0.4 is 0 Å². The lowest BCUT2D eigenvalue weighted by Gasteiger charge is -2.09. The monoisotopic (exact) mass is 396 g/mol. The third kappa shape index (κ3) is 4.14. The van der Waals surface area contributed by atoms with Crippen molar-refractivity contribution < 1.29 is 4.42 Å². The molecule has 0 saturated carbocycles. The van der Waals surface area contributed by atoms with Crippen molar-refractivity contribution in [2.24, 2.45) is 0 Å². The van der Waals surface area contributed by atoms with E-state index >= 15 is 0 Å². The molecule has 0 atom stereocenters. The third-order valence-corrected chi connectivity index (χ3v) is 6.25. The van der Waals surface area contributed by atoms with Gasteiger partial charge in [-0.1, -0.05) is 55.9 Å². The van der Waals surface area contributed by atoms with Crippen molar-refractivity contribution in [2.45, 2.75) is 37.2 Å². The van der Waals surface area contributed by atoms with Crippen molar-refractivity contribution in [1.29, 1.82) is 0 Å². The summed E-state index contributed by atoms with van der Waals surface area (Å²) in [6, 6.07) is 14.1. The van der Waals surface area contributed by atoms with Gasteiger partial charge in [0.05, 0.1) is 23.5 Å². The van der Waals surface area contributed by atoms with Gasteiger partial charge in [-0.25, -0.2) is 4.98 Å². The van der Waals surface area contributed by atoms with Crippen molar-refractivity contribution in [3.63, 3.8) is 0 Å². The van der Waals surface area contributed by atoms with Crippen LogP contribution >= 0.6 is 23.1 Å². The summed E-state index contributed by atoms with van der Waals surface area (Å²) in [5, 5.41) is 13.0. The first-order valence-corrected chi connectivity index (χ1v) is 10.7. The highest BCUT2D eigenvalue weighted by atomic mass is 32.2. The van der Waals surface area contributed by atoms with E-state index in [0.29, 0.717) is 12.5 Å². The molecule has 0 fully saturated rings. The summed E-state index contributed by atoms with van der Waals surface area (Å²) >= 11 is 3.37. The Bertz CT molecular complexity index is 990. The van der Waals surface area contributed by atoms with Crippen molar-refractivity contribution in [3.8, 4) is 11.6 Å². The quantitative estimate of drug-likeness (QED) is 0.388. The minimum atomic E-state index is 0.459. The predicted octanol–water partition coefficient (Wildman–Crippen LogP) is 5.46. The highest BCUT2D eigenvalue weighted by Gasteiger charge is 2.17. The van der Waals surface area contributed by atoms with Crippen LogP contribution in [0.1, 0.15) is 36.0 Å². The molecule has 0 aliphatic carbocycles. The van der Waals surface area contributed by atoms with E-state index in [1.54, 1.807) is 29.4 Å². The number of benzene rings is 1. The van der Waals surface area contributed by atoms with Crippen LogP contribution in [0, 0.1) is 0 Å². The second-order valence-electron chi connectivity index (χ2n) is 6.48. The van der Waals surface area contributed by atoms with E-state index in [1.165, 1.54) is 10.6 Å². The molecule has 0 spiro atoms. The van der Waals surface area contributed by atoms with E-state index in [2.05, 4.69) is 46.1 Å². The molecule has 5 nitrogen and oxygen atoms in total. The summed E-state index contributed by atoms with van der Waals surface area (Å²) in [6.45, 7) is 5.03. The number of hydrogen-bond acceptors (Lipinski definition) is 6. The van der Waals surface area contributed by atoms with Crippen LogP contribution in [0.5, 0.6) is 0 Å². The first kappa shape index (κ1) is 18.0. The minimum Gasteiger partial charge on any atom is -0.461 e. The maximum absolute atomic E-state index is 5.56. The van der Waals surface area contributed by atoms with Gasteiger partial charge in [-0.3, -0.25) is 4.57 Å². The maximum atomic E-state index is 5.56. The van der Waals surface area contributed by atoms with E-state index < -0.39 is 0 Å². The van der Waals surface area contributed by atoms with Crippen LogP contribution in [0.3, 0.4) is 0 Å². The van der Waals surface area contributed by atoms with Crippen molar-refractivity contribution >= 4 is 23.1 Å². The van der Waals surface area contributed by atoms with Gasteiger partial charge in [-0.05, 0) is 17.7 Å². The van der Waals surface area contributed by atoms with E-state index in [4.69, 9.17) is 9.40 Å². The smallest absolute Gasteiger partial charge is 0.200 e. The number of thioether (sulfide) groups is 1. The molecule has 0 radical (unpaired) electrons. The molecule has 4 rings (SSSR count). The van der Waals surface area contributed by atoms with Gasteiger partial charge in [0.15, 0.2) is 10.9 Å².